The summed E-state index contributed by atoms with van der Waals surface area (Å²) in [5.41, 5.74) is 4.76. The molecule has 0 saturated carbocycles. The average molecular weight is 415 g/mol. The van der Waals surface area contributed by atoms with E-state index in [0.29, 0.717) is 0 Å². The zero-order valence-electron chi connectivity index (χ0n) is 14.0. The van der Waals surface area contributed by atoms with E-state index in [9.17, 15) is 4.79 Å². The van der Waals surface area contributed by atoms with Crippen molar-refractivity contribution in [1.82, 2.24) is 5.43 Å². The van der Waals surface area contributed by atoms with E-state index in [1.54, 1.807) is 6.21 Å². The van der Waals surface area contributed by atoms with E-state index < -0.39 is 18.4 Å². The van der Waals surface area contributed by atoms with Gasteiger partial charge >= 0.3 is 143 Å². The van der Waals surface area contributed by atoms with Gasteiger partial charge in [0.15, 0.2) is 0 Å². The van der Waals surface area contributed by atoms with Gasteiger partial charge in [-0.25, -0.2) is 0 Å². The summed E-state index contributed by atoms with van der Waals surface area (Å²) in [6, 6.07) is 19.8. The molecule has 0 heterocycles. The summed E-state index contributed by atoms with van der Waals surface area (Å²) in [7, 11) is 0. The van der Waals surface area contributed by atoms with Gasteiger partial charge in [-0.1, -0.05) is 0 Å². The van der Waals surface area contributed by atoms with Gasteiger partial charge in [0.25, 0.3) is 0 Å². The van der Waals surface area contributed by atoms with Crippen LogP contribution >= 0.6 is 0 Å². The van der Waals surface area contributed by atoms with E-state index in [0.717, 1.165) is 15.6 Å². The van der Waals surface area contributed by atoms with Gasteiger partial charge in [-0.2, -0.15) is 0 Å². The molecule has 1 unspecified atom stereocenters. The van der Waals surface area contributed by atoms with Gasteiger partial charge < -0.3 is 0 Å². The Morgan fingerprint density at radius 2 is 1.61 bits per heavy atom. The van der Waals surface area contributed by atoms with Crippen LogP contribution in [0.3, 0.4) is 0 Å². The predicted octanol–water partition coefficient (Wildman–Crippen LogP) is 4.26. The molecule has 0 aliphatic rings. The zero-order chi connectivity index (χ0) is 16.7. The minimum atomic E-state index is -2.12. The van der Waals surface area contributed by atoms with Crippen molar-refractivity contribution >= 4 is 30.5 Å². The van der Waals surface area contributed by atoms with Crippen LogP contribution in [0.4, 0.5) is 0 Å². The van der Waals surface area contributed by atoms with Crippen LogP contribution in [-0.4, -0.2) is 30.5 Å². The fourth-order valence-electron chi connectivity index (χ4n) is 2.45. The van der Waals surface area contributed by atoms with Gasteiger partial charge in [-0.3, -0.25) is 0 Å². The second-order valence-electron chi connectivity index (χ2n) is 6.87. The van der Waals surface area contributed by atoms with Crippen molar-refractivity contribution in [2.24, 2.45) is 5.10 Å². The third-order valence-electron chi connectivity index (χ3n) is 3.52. The Morgan fingerprint density at radius 1 is 1.04 bits per heavy atom. The molecular formula is C19H24N2OSn. The summed E-state index contributed by atoms with van der Waals surface area (Å²) in [6.45, 7) is 0. The Balaban J connectivity index is 2.09. The first-order valence-corrected chi connectivity index (χ1v) is 18.5. The van der Waals surface area contributed by atoms with Crippen LogP contribution in [-0.2, 0) is 4.79 Å². The van der Waals surface area contributed by atoms with Crippen LogP contribution in [0.2, 0.25) is 19.3 Å². The molecule has 2 aromatic rings. The van der Waals surface area contributed by atoms with Gasteiger partial charge in [0, 0.05) is 0 Å². The molecule has 2 aromatic carbocycles. The van der Waals surface area contributed by atoms with Crippen molar-refractivity contribution in [2.45, 2.75) is 25.2 Å². The van der Waals surface area contributed by atoms with Crippen molar-refractivity contribution in [2.75, 3.05) is 0 Å². The van der Waals surface area contributed by atoms with Crippen molar-refractivity contribution < 1.29 is 4.79 Å². The third kappa shape index (κ3) is 6.18. The Hall–Kier alpha value is -1.62. The predicted molar refractivity (Wildman–Crippen MR) is 99.5 cm³/mol. The standard InChI is InChI=1S/C16H15N2O.3CH3.Sn/c1-13(15-10-6-3-7-11-15)16(19)18-17-12-14-8-4-2-5-9-14;;;;/h2-13H,1H2,(H,18,19);3*1H3;. The molecule has 0 saturated heterocycles. The number of amides is 1. The summed E-state index contributed by atoms with van der Waals surface area (Å²) in [5, 5.41) is 4.12. The summed E-state index contributed by atoms with van der Waals surface area (Å²) < 4.78 is 0.978. The van der Waals surface area contributed by atoms with Gasteiger partial charge in [-0.15, -0.1) is 0 Å². The Kier molecular flexibility index (Phi) is 6.39. The van der Waals surface area contributed by atoms with Crippen molar-refractivity contribution in [3.63, 3.8) is 0 Å². The number of carbonyl (C=O) groups excluding carboxylic acids is 1. The van der Waals surface area contributed by atoms with Crippen LogP contribution in [0, 0.1) is 0 Å². The maximum absolute atomic E-state index is 12.6. The molecule has 0 spiro atoms. The van der Waals surface area contributed by atoms with Gasteiger partial charge in [0.2, 0.25) is 0 Å². The number of carbonyl (C=O) groups is 1. The average Bonchev–Trinajstić information content (AvgIpc) is 2.53. The minimum absolute atomic E-state index is 0.0185. The molecule has 1 amide bonds. The first-order valence-electron chi connectivity index (χ1n) is 7.89. The van der Waals surface area contributed by atoms with Crippen molar-refractivity contribution in [3.05, 3.63) is 71.8 Å². The van der Waals surface area contributed by atoms with Gasteiger partial charge in [-0.05, 0) is 0 Å². The molecule has 0 radical (unpaired) electrons. The van der Waals surface area contributed by atoms with Crippen molar-refractivity contribution in [3.8, 4) is 0 Å². The quantitative estimate of drug-likeness (QED) is 0.428. The Bertz CT molecular complexity index is 648. The summed E-state index contributed by atoms with van der Waals surface area (Å²) >= 11 is -2.12. The molecule has 4 heteroatoms. The molecule has 120 valence electrons. The second-order valence-corrected chi connectivity index (χ2v) is 22.7. The van der Waals surface area contributed by atoms with Crippen LogP contribution in [0.15, 0.2) is 65.8 Å². The normalized spacial score (nSPS) is 13.0. The number of benzene rings is 2. The molecule has 0 fully saturated rings. The van der Waals surface area contributed by atoms with Gasteiger partial charge in [0.1, 0.15) is 0 Å². The number of nitrogens with one attached hydrogen (secondary N) is 1. The van der Waals surface area contributed by atoms with E-state index >= 15 is 0 Å². The molecule has 3 nitrogen and oxygen atoms in total. The van der Waals surface area contributed by atoms with E-state index in [1.165, 1.54) is 0 Å². The second kappa shape index (κ2) is 8.29. The SMILES string of the molecule is [CH3][Sn]([CH3])([CH3])[CH2]C(C(=O)NN=Cc1ccccc1)c1ccccc1. The number of nitrogens with zero attached hydrogens (tertiary/aromatic N) is 1. The molecule has 23 heavy (non-hydrogen) atoms. The fourth-order valence-corrected chi connectivity index (χ4v) is 7.14. The topological polar surface area (TPSA) is 41.5 Å². The number of rotatable bonds is 6. The Morgan fingerprint density at radius 3 is 2.17 bits per heavy atom. The molecule has 2 rings (SSSR count). The maximum atomic E-state index is 12.6. The molecular weight excluding hydrogens is 391 g/mol. The Labute approximate surface area is 142 Å². The number of hydrazone groups is 1. The summed E-state index contributed by atoms with van der Waals surface area (Å²) in [5.74, 6) is -0.130. The van der Waals surface area contributed by atoms with Gasteiger partial charge in [0.05, 0.1) is 0 Å². The molecule has 0 aliphatic heterocycles. The molecule has 1 N–H and O–H groups in total. The summed E-state index contributed by atoms with van der Waals surface area (Å²) in [6.07, 6.45) is 1.68. The fraction of sp³-hybridized carbons (Fsp3) is 0.263. The van der Waals surface area contributed by atoms with Crippen molar-refractivity contribution in [1.29, 1.82) is 0 Å². The van der Waals surface area contributed by atoms with Crippen LogP contribution in [0.1, 0.15) is 17.0 Å². The van der Waals surface area contributed by atoms with E-state index in [1.807, 2.05) is 60.7 Å². The first-order chi connectivity index (χ1) is 11.0. The van der Waals surface area contributed by atoms with Crippen LogP contribution in [0.25, 0.3) is 0 Å². The van der Waals surface area contributed by atoms with Crippen LogP contribution < -0.4 is 5.43 Å². The van der Waals surface area contributed by atoms with Crippen LogP contribution in [0.5, 0.6) is 0 Å². The molecule has 0 aliphatic carbocycles. The molecule has 0 aromatic heterocycles. The zero-order valence-corrected chi connectivity index (χ0v) is 16.8. The monoisotopic (exact) mass is 416 g/mol. The van der Waals surface area contributed by atoms with E-state index in [2.05, 4.69) is 25.3 Å². The first kappa shape index (κ1) is 17.7. The van der Waals surface area contributed by atoms with E-state index in [4.69, 9.17) is 0 Å². The summed E-state index contributed by atoms with van der Waals surface area (Å²) in [4.78, 5) is 19.7. The molecule has 0 bridgehead atoms. The number of hydrogen-bond donors (Lipinski definition) is 1. The third-order valence-corrected chi connectivity index (χ3v) is 8.18. The molecule has 1 atom stereocenters. The van der Waals surface area contributed by atoms with E-state index in [-0.39, 0.29) is 11.8 Å². The number of hydrogen-bond acceptors (Lipinski definition) is 2.